The first kappa shape index (κ1) is 16.4. The molecule has 0 saturated carbocycles. The first-order valence-corrected chi connectivity index (χ1v) is 9.67. The Labute approximate surface area is 158 Å². The molecule has 25 heavy (non-hydrogen) atoms. The molecule has 0 radical (unpaired) electrons. The van der Waals surface area contributed by atoms with Crippen molar-refractivity contribution in [1.82, 2.24) is 10.2 Å². The zero-order valence-corrected chi connectivity index (χ0v) is 16.0. The van der Waals surface area contributed by atoms with Crippen molar-refractivity contribution in [3.05, 3.63) is 69.6 Å². The highest BCUT2D eigenvalue weighted by Crippen LogP contribution is 2.42. The predicted octanol–water partition coefficient (Wildman–Crippen LogP) is 4.77. The molecule has 4 nitrogen and oxygen atoms in total. The molecule has 3 aromatic rings. The smallest absolute Gasteiger partial charge is 0.240 e. The van der Waals surface area contributed by atoms with Crippen LogP contribution in [-0.2, 0) is 17.6 Å². The van der Waals surface area contributed by atoms with Crippen LogP contribution in [0, 0.1) is 5.41 Å². The van der Waals surface area contributed by atoms with E-state index in [0.717, 1.165) is 23.0 Å². The summed E-state index contributed by atoms with van der Waals surface area (Å²) in [6, 6.07) is 15.9. The van der Waals surface area contributed by atoms with Gasteiger partial charge in [-0.3, -0.25) is 9.69 Å². The van der Waals surface area contributed by atoms with E-state index >= 15 is 0 Å². The highest BCUT2D eigenvalue weighted by atomic mass is 79.9. The van der Waals surface area contributed by atoms with Gasteiger partial charge in [0.05, 0.1) is 11.1 Å². The molecule has 1 atom stereocenters. The number of carbonyl (C=O) groups excluding carboxylic acids is 1. The van der Waals surface area contributed by atoms with Crippen molar-refractivity contribution in [2.75, 3.05) is 4.90 Å². The van der Waals surface area contributed by atoms with Gasteiger partial charge >= 0.3 is 0 Å². The average Bonchev–Trinajstić information content (AvgIpc) is 3.23. The molecule has 1 unspecified atom stereocenters. The number of hydrogen-bond acceptors (Lipinski definition) is 4. The molecule has 0 spiro atoms. The predicted molar refractivity (Wildman–Crippen MR) is 103 cm³/mol. The van der Waals surface area contributed by atoms with Gasteiger partial charge in [-0.15, -0.1) is 10.2 Å². The molecule has 6 heteroatoms. The van der Waals surface area contributed by atoms with E-state index in [9.17, 15) is 4.79 Å². The molecule has 0 bridgehead atoms. The molecular weight excluding hydrogens is 398 g/mol. The van der Waals surface area contributed by atoms with Crippen LogP contribution in [0.15, 0.2) is 58.5 Å². The van der Waals surface area contributed by atoms with Crippen molar-refractivity contribution in [1.29, 1.82) is 0 Å². The largest absolute Gasteiger partial charge is 0.273 e. The monoisotopic (exact) mass is 413 g/mol. The van der Waals surface area contributed by atoms with Gasteiger partial charge in [0.25, 0.3) is 0 Å². The Morgan fingerprint density at radius 2 is 1.92 bits per heavy atom. The number of nitrogens with zero attached hydrogens (tertiary/aromatic N) is 3. The van der Waals surface area contributed by atoms with Crippen LogP contribution in [0.2, 0.25) is 0 Å². The third kappa shape index (κ3) is 3.00. The van der Waals surface area contributed by atoms with Gasteiger partial charge in [-0.05, 0) is 48.2 Å². The van der Waals surface area contributed by atoms with Crippen molar-refractivity contribution in [3.8, 4) is 0 Å². The van der Waals surface area contributed by atoms with E-state index in [1.165, 1.54) is 22.5 Å². The van der Waals surface area contributed by atoms with Crippen LogP contribution in [0.3, 0.4) is 0 Å². The summed E-state index contributed by atoms with van der Waals surface area (Å²) in [6.07, 6.45) is 1.46. The quantitative estimate of drug-likeness (QED) is 0.620. The SMILES string of the molecule is CC1(C(=O)N(c2ccccc2)c2nncs2)Cc2ccc(Br)cc2C1. The van der Waals surface area contributed by atoms with Gasteiger partial charge in [-0.1, -0.05) is 58.5 Å². The zero-order chi connectivity index (χ0) is 17.4. The van der Waals surface area contributed by atoms with E-state index in [1.54, 1.807) is 10.4 Å². The molecular formula is C19H16BrN3OS. The number of carbonyl (C=O) groups is 1. The highest BCUT2D eigenvalue weighted by molar-refractivity contribution is 9.10. The topological polar surface area (TPSA) is 46.1 Å². The highest BCUT2D eigenvalue weighted by Gasteiger charge is 2.43. The molecule has 126 valence electrons. The van der Waals surface area contributed by atoms with Crippen LogP contribution in [-0.4, -0.2) is 16.1 Å². The lowest BCUT2D eigenvalue weighted by Crippen LogP contribution is -2.40. The van der Waals surface area contributed by atoms with Crippen LogP contribution < -0.4 is 4.90 Å². The molecule has 4 rings (SSSR count). The van der Waals surface area contributed by atoms with Crippen LogP contribution in [0.1, 0.15) is 18.1 Å². The molecule has 0 N–H and O–H groups in total. The van der Waals surface area contributed by atoms with E-state index in [-0.39, 0.29) is 5.91 Å². The summed E-state index contributed by atoms with van der Waals surface area (Å²) in [5.74, 6) is 0.0581. The van der Waals surface area contributed by atoms with Gasteiger partial charge in [0.2, 0.25) is 11.0 Å². The second-order valence-electron chi connectivity index (χ2n) is 6.52. The fourth-order valence-electron chi connectivity index (χ4n) is 3.41. The number of aromatic nitrogens is 2. The first-order chi connectivity index (χ1) is 12.1. The van der Waals surface area contributed by atoms with E-state index in [1.807, 2.05) is 43.3 Å². The summed E-state index contributed by atoms with van der Waals surface area (Å²) in [5, 5.41) is 8.67. The molecule has 2 aromatic carbocycles. The number of anilines is 2. The Balaban J connectivity index is 1.72. The van der Waals surface area contributed by atoms with E-state index < -0.39 is 5.41 Å². The van der Waals surface area contributed by atoms with E-state index in [2.05, 4.69) is 38.3 Å². The molecule has 0 fully saturated rings. The Bertz CT molecular complexity index is 914. The van der Waals surface area contributed by atoms with Crippen LogP contribution >= 0.6 is 27.3 Å². The second-order valence-corrected chi connectivity index (χ2v) is 8.25. The summed E-state index contributed by atoms with van der Waals surface area (Å²) >= 11 is 4.90. The third-order valence-electron chi connectivity index (χ3n) is 4.60. The fraction of sp³-hybridized carbons (Fsp3) is 0.211. The summed E-state index contributed by atoms with van der Waals surface area (Å²) in [7, 11) is 0. The van der Waals surface area contributed by atoms with E-state index in [0.29, 0.717) is 5.13 Å². The Morgan fingerprint density at radius 1 is 1.16 bits per heavy atom. The zero-order valence-electron chi connectivity index (χ0n) is 13.6. The lowest BCUT2D eigenvalue weighted by atomic mass is 9.85. The van der Waals surface area contributed by atoms with Gasteiger partial charge in [-0.25, -0.2) is 0 Å². The number of halogens is 1. The number of rotatable bonds is 3. The molecule has 1 amide bonds. The molecule has 1 aliphatic rings. The molecule has 1 heterocycles. The van der Waals surface area contributed by atoms with Crippen LogP contribution in [0.5, 0.6) is 0 Å². The number of fused-ring (bicyclic) bond motifs is 1. The summed E-state index contributed by atoms with van der Waals surface area (Å²) in [6.45, 7) is 2.04. The van der Waals surface area contributed by atoms with Gasteiger partial charge in [0.1, 0.15) is 5.51 Å². The summed E-state index contributed by atoms with van der Waals surface area (Å²) < 4.78 is 1.05. The van der Waals surface area contributed by atoms with Gasteiger partial charge < -0.3 is 0 Å². The third-order valence-corrected chi connectivity index (χ3v) is 5.77. The van der Waals surface area contributed by atoms with Crippen molar-refractivity contribution < 1.29 is 4.79 Å². The standard InChI is InChI=1S/C19H16BrN3OS/c1-19(10-13-7-8-15(20)9-14(13)11-19)17(24)23(18-22-21-12-25-18)16-5-3-2-4-6-16/h2-9,12H,10-11H2,1H3. The number of amides is 1. The fourth-order valence-corrected chi connectivity index (χ4v) is 4.40. The minimum atomic E-state index is -0.495. The normalized spacial score (nSPS) is 18.8. The lowest BCUT2D eigenvalue weighted by Gasteiger charge is -2.29. The first-order valence-electron chi connectivity index (χ1n) is 8.00. The van der Waals surface area contributed by atoms with Crippen LogP contribution in [0.4, 0.5) is 10.8 Å². The van der Waals surface area contributed by atoms with Gasteiger partial charge in [0, 0.05) is 4.47 Å². The summed E-state index contributed by atoms with van der Waals surface area (Å²) in [4.78, 5) is 15.3. The molecule has 1 aliphatic carbocycles. The van der Waals surface area contributed by atoms with Gasteiger partial charge in [0.15, 0.2) is 0 Å². The average molecular weight is 414 g/mol. The maximum absolute atomic E-state index is 13.6. The van der Waals surface area contributed by atoms with Crippen molar-refractivity contribution in [2.45, 2.75) is 19.8 Å². The number of para-hydroxylation sites is 1. The van der Waals surface area contributed by atoms with E-state index in [4.69, 9.17) is 0 Å². The number of benzene rings is 2. The summed E-state index contributed by atoms with van der Waals surface area (Å²) in [5.41, 5.74) is 4.45. The number of hydrogen-bond donors (Lipinski definition) is 0. The Morgan fingerprint density at radius 3 is 2.64 bits per heavy atom. The van der Waals surface area contributed by atoms with Crippen LogP contribution in [0.25, 0.3) is 0 Å². The molecule has 0 aliphatic heterocycles. The molecule has 0 saturated heterocycles. The second kappa shape index (κ2) is 6.35. The van der Waals surface area contributed by atoms with Crippen molar-refractivity contribution in [3.63, 3.8) is 0 Å². The maximum atomic E-state index is 13.6. The van der Waals surface area contributed by atoms with Crippen molar-refractivity contribution in [2.24, 2.45) is 5.41 Å². The van der Waals surface area contributed by atoms with Crippen molar-refractivity contribution >= 4 is 44.0 Å². The minimum absolute atomic E-state index is 0.0581. The maximum Gasteiger partial charge on any atom is 0.240 e. The minimum Gasteiger partial charge on any atom is -0.273 e. The Hall–Kier alpha value is -2.05. The molecule has 1 aromatic heterocycles. The Kier molecular flexibility index (Phi) is 4.17. The van der Waals surface area contributed by atoms with Gasteiger partial charge in [-0.2, -0.15) is 0 Å². The lowest BCUT2D eigenvalue weighted by molar-refractivity contribution is -0.126.